The van der Waals surface area contributed by atoms with E-state index in [2.05, 4.69) is 5.32 Å². The summed E-state index contributed by atoms with van der Waals surface area (Å²) in [7, 11) is 0. The number of anilines is 2. The summed E-state index contributed by atoms with van der Waals surface area (Å²) in [5.74, 6) is -0.361. The van der Waals surface area contributed by atoms with Crippen molar-refractivity contribution in [1.82, 2.24) is 0 Å². The molecule has 1 aromatic heterocycles. The summed E-state index contributed by atoms with van der Waals surface area (Å²) in [5.41, 5.74) is 2.03. The van der Waals surface area contributed by atoms with E-state index in [4.69, 9.17) is 11.6 Å². The van der Waals surface area contributed by atoms with Crippen LogP contribution in [0.1, 0.15) is 27.0 Å². The van der Waals surface area contributed by atoms with E-state index >= 15 is 0 Å². The van der Waals surface area contributed by atoms with E-state index in [1.54, 1.807) is 29.2 Å². The first-order valence-corrected chi connectivity index (χ1v) is 12.1. The highest BCUT2D eigenvalue weighted by molar-refractivity contribution is 7.21. The average Bonchev–Trinajstić information content (AvgIpc) is 3.22. The summed E-state index contributed by atoms with van der Waals surface area (Å²) in [6.07, 6.45) is 0. The number of rotatable bonds is 5. The van der Waals surface area contributed by atoms with E-state index in [0.717, 1.165) is 26.5 Å². The van der Waals surface area contributed by atoms with Gasteiger partial charge in [-0.2, -0.15) is 0 Å². The molecule has 6 heteroatoms. The first kappa shape index (κ1) is 22.1. The number of benzene rings is 4. The first-order valence-electron chi connectivity index (χ1n) is 10.9. The maximum Gasteiger partial charge on any atom is 0.267 e. The molecule has 1 heterocycles. The third-order valence-corrected chi connectivity index (χ3v) is 7.42. The lowest BCUT2D eigenvalue weighted by Crippen LogP contribution is -2.30. The van der Waals surface area contributed by atoms with Gasteiger partial charge in [-0.25, -0.2) is 0 Å². The number of hydrogen-bond acceptors (Lipinski definition) is 3. The minimum Gasteiger partial charge on any atom is -0.321 e. The van der Waals surface area contributed by atoms with Crippen LogP contribution >= 0.6 is 22.9 Å². The van der Waals surface area contributed by atoms with Crippen molar-refractivity contribution in [3.63, 3.8) is 0 Å². The first-order chi connectivity index (χ1) is 16.6. The van der Waals surface area contributed by atoms with Crippen LogP contribution in [0.2, 0.25) is 5.02 Å². The molecule has 0 aliphatic heterocycles. The van der Waals surface area contributed by atoms with E-state index in [0.29, 0.717) is 27.7 Å². The molecule has 0 fully saturated rings. The fourth-order valence-electron chi connectivity index (χ4n) is 4.07. The highest BCUT2D eigenvalue weighted by Gasteiger charge is 2.19. The summed E-state index contributed by atoms with van der Waals surface area (Å²) in [5, 5.41) is 6.33. The second-order valence-corrected chi connectivity index (χ2v) is 9.25. The van der Waals surface area contributed by atoms with Gasteiger partial charge in [-0.15, -0.1) is 11.3 Å². The Labute approximate surface area is 206 Å². The second kappa shape index (κ2) is 9.29. The fourth-order valence-corrected chi connectivity index (χ4v) is 5.48. The van der Waals surface area contributed by atoms with Crippen molar-refractivity contribution in [2.24, 2.45) is 0 Å². The molecule has 0 saturated carbocycles. The molecular weight excluding hydrogens is 464 g/mol. The quantitative estimate of drug-likeness (QED) is 0.279. The van der Waals surface area contributed by atoms with Crippen molar-refractivity contribution in [2.75, 3.05) is 16.8 Å². The van der Waals surface area contributed by atoms with E-state index in [-0.39, 0.29) is 11.8 Å². The lowest BCUT2D eigenvalue weighted by Gasteiger charge is -2.23. The van der Waals surface area contributed by atoms with Crippen LogP contribution in [0.3, 0.4) is 0 Å². The van der Waals surface area contributed by atoms with Crippen molar-refractivity contribution in [2.45, 2.75) is 6.92 Å². The summed E-state index contributed by atoms with van der Waals surface area (Å²) in [6.45, 7) is 2.50. The average molecular weight is 485 g/mol. The Kier molecular flexibility index (Phi) is 6.05. The Hall–Kier alpha value is -3.67. The normalized spacial score (nSPS) is 11.0. The summed E-state index contributed by atoms with van der Waals surface area (Å²) >= 11 is 7.79. The van der Waals surface area contributed by atoms with Gasteiger partial charge in [0, 0.05) is 33.3 Å². The number of fused-ring (bicyclic) bond motifs is 2. The van der Waals surface area contributed by atoms with E-state index in [1.165, 1.54) is 11.3 Å². The number of hydrogen-bond donors (Lipinski definition) is 1. The van der Waals surface area contributed by atoms with Crippen LogP contribution in [0.25, 0.3) is 20.9 Å². The van der Waals surface area contributed by atoms with E-state index in [1.807, 2.05) is 73.7 Å². The number of halogens is 1. The fraction of sp³-hybridized carbons (Fsp3) is 0.0714. The van der Waals surface area contributed by atoms with Gasteiger partial charge < -0.3 is 10.2 Å². The molecule has 2 amide bonds. The van der Waals surface area contributed by atoms with Crippen molar-refractivity contribution in [1.29, 1.82) is 0 Å². The Morgan fingerprint density at radius 1 is 0.853 bits per heavy atom. The van der Waals surface area contributed by atoms with Crippen LogP contribution in [0.15, 0.2) is 91.0 Å². The summed E-state index contributed by atoms with van der Waals surface area (Å²) < 4.78 is 0.965. The van der Waals surface area contributed by atoms with Crippen molar-refractivity contribution in [3.05, 3.63) is 106 Å². The SMILES string of the molecule is CCN(C(=O)c1ccc(NC(=O)c2sc3ccccc3c2Cl)cc1)c1cccc2ccccc12. The zero-order chi connectivity index (χ0) is 23.7. The van der Waals surface area contributed by atoms with Gasteiger partial charge >= 0.3 is 0 Å². The molecule has 4 nitrogen and oxygen atoms in total. The molecule has 5 aromatic rings. The van der Waals surface area contributed by atoms with Crippen LogP contribution in [-0.2, 0) is 0 Å². The number of amides is 2. The molecule has 0 unspecified atom stereocenters. The molecule has 0 aliphatic rings. The van der Waals surface area contributed by atoms with Crippen molar-refractivity contribution < 1.29 is 9.59 Å². The number of carbonyl (C=O) groups is 2. The van der Waals surface area contributed by atoms with Gasteiger partial charge in [0.2, 0.25) is 0 Å². The molecule has 0 aliphatic carbocycles. The van der Waals surface area contributed by atoms with Crippen LogP contribution in [0.5, 0.6) is 0 Å². The summed E-state index contributed by atoms with van der Waals surface area (Å²) in [4.78, 5) is 28.4. The molecular formula is C28H21ClN2O2S. The number of nitrogens with zero attached hydrogens (tertiary/aromatic N) is 1. The molecule has 5 rings (SSSR count). The largest absolute Gasteiger partial charge is 0.321 e. The molecule has 0 spiro atoms. The standard InChI is InChI=1S/C28H21ClN2O2S/c1-2-31(23-12-7-9-18-8-3-4-10-21(18)23)28(33)19-14-16-20(17-15-19)30-27(32)26-25(29)22-11-5-6-13-24(22)34-26/h3-17H,2H2,1H3,(H,30,32). The van der Waals surface area contributed by atoms with Crippen LogP contribution < -0.4 is 10.2 Å². The van der Waals surface area contributed by atoms with Gasteiger partial charge in [0.1, 0.15) is 4.88 Å². The molecule has 1 N–H and O–H groups in total. The Bertz CT molecular complexity index is 1520. The third kappa shape index (κ3) is 4.04. The van der Waals surface area contributed by atoms with Gasteiger partial charge in [-0.3, -0.25) is 9.59 Å². The van der Waals surface area contributed by atoms with Crippen LogP contribution in [0.4, 0.5) is 11.4 Å². The number of carbonyl (C=O) groups excluding carboxylic acids is 2. The molecule has 0 atom stereocenters. The molecule has 0 saturated heterocycles. The Morgan fingerprint density at radius 2 is 1.53 bits per heavy atom. The molecule has 168 valence electrons. The summed E-state index contributed by atoms with van der Waals surface area (Å²) in [6, 6.07) is 28.6. The van der Waals surface area contributed by atoms with E-state index < -0.39 is 0 Å². The molecule has 0 bridgehead atoms. The predicted molar refractivity (Wildman–Crippen MR) is 143 cm³/mol. The highest BCUT2D eigenvalue weighted by atomic mass is 35.5. The monoisotopic (exact) mass is 484 g/mol. The Balaban J connectivity index is 1.37. The minimum atomic E-state index is -0.267. The Morgan fingerprint density at radius 3 is 2.26 bits per heavy atom. The second-order valence-electron chi connectivity index (χ2n) is 7.82. The van der Waals surface area contributed by atoms with Gasteiger partial charge in [0.05, 0.1) is 10.7 Å². The molecule has 0 radical (unpaired) electrons. The lowest BCUT2D eigenvalue weighted by atomic mass is 10.1. The van der Waals surface area contributed by atoms with Crippen LogP contribution in [-0.4, -0.2) is 18.4 Å². The van der Waals surface area contributed by atoms with Gasteiger partial charge in [-0.05, 0) is 48.7 Å². The third-order valence-electron chi connectivity index (χ3n) is 5.75. The maximum absolute atomic E-state index is 13.3. The van der Waals surface area contributed by atoms with Gasteiger partial charge in [-0.1, -0.05) is 66.2 Å². The predicted octanol–water partition coefficient (Wildman–Crippen LogP) is 7.63. The topological polar surface area (TPSA) is 49.4 Å². The number of nitrogens with one attached hydrogen (secondary N) is 1. The highest BCUT2D eigenvalue weighted by Crippen LogP contribution is 2.35. The molecule has 4 aromatic carbocycles. The van der Waals surface area contributed by atoms with Gasteiger partial charge in [0.15, 0.2) is 0 Å². The van der Waals surface area contributed by atoms with E-state index in [9.17, 15) is 9.59 Å². The van der Waals surface area contributed by atoms with Crippen LogP contribution in [0, 0.1) is 0 Å². The minimum absolute atomic E-state index is 0.0933. The zero-order valence-electron chi connectivity index (χ0n) is 18.4. The number of thiophene rings is 1. The smallest absolute Gasteiger partial charge is 0.267 e. The molecule has 34 heavy (non-hydrogen) atoms. The maximum atomic E-state index is 13.3. The van der Waals surface area contributed by atoms with Gasteiger partial charge in [0.25, 0.3) is 11.8 Å². The lowest BCUT2D eigenvalue weighted by molar-refractivity contribution is 0.0987. The zero-order valence-corrected chi connectivity index (χ0v) is 20.0. The van der Waals surface area contributed by atoms with Crippen molar-refractivity contribution in [3.8, 4) is 0 Å². The van der Waals surface area contributed by atoms with Crippen molar-refractivity contribution >= 4 is 67.0 Å².